The average molecular weight is 258 g/mol. The average Bonchev–Trinajstić information content (AvgIpc) is 3.27. The van der Waals surface area contributed by atoms with Gasteiger partial charge in [-0.2, -0.15) is 5.26 Å². The highest BCUT2D eigenvalue weighted by Crippen LogP contribution is 2.29. The summed E-state index contributed by atoms with van der Waals surface area (Å²) in [5, 5.41) is 18.8. The summed E-state index contributed by atoms with van der Waals surface area (Å²) >= 11 is 0. The molecule has 1 N–H and O–H groups in total. The lowest BCUT2D eigenvalue weighted by atomic mass is 10.1. The van der Waals surface area contributed by atoms with Crippen LogP contribution in [-0.4, -0.2) is 29.1 Å². The van der Waals surface area contributed by atoms with Crippen LogP contribution in [0.2, 0.25) is 0 Å². The lowest BCUT2D eigenvalue weighted by Crippen LogP contribution is -2.31. The van der Waals surface area contributed by atoms with E-state index in [1.807, 2.05) is 30.3 Å². The van der Waals surface area contributed by atoms with Gasteiger partial charge in [0.05, 0.1) is 12.2 Å². The molecule has 0 aliphatic heterocycles. The zero-order valence-electron chi connectivity index (χ0n) is 11.3. The van der Waals surface area contributed by atoms with Crippen molar-refractivity contribution in [1.82, 2.24) is 4.90 Å². The Morgan fingerprint density at radius 1 is 1.26 bits per heavy atom. The molecule has 0 aromatic heterocycles. The first kappa shape index (κ1) is 14.0. The SMILES string of the molecule is N#CCCCCN(C[C@H](O)c1ccccc1)C1CC1. The molecule has 0 amide bonds. The quantitative estimate of drug-likeness (QED) is 0.729. The Morgan fingerprint density at radius 3 is 2.63 bits per heavy atom. The topological polar surface area (TPSA) is 47.3 Å². The van der Waals surface area contributed by atoms with E-state index in [1.165, 1.54) is 12.8 Å². The number of rotatable bonds is 8. The van der Waals surface area contributed by atoms with Gasteiger partial charge in [0.2, 0.25) is 0 Å². The van der Waals surface area contributed by atoms with Crippen molar-refractivity contribution >= 4 is 0 Å². The third kappa shape index (κ3) is 4.66. The molecule has 0 bridgehead atoms. The molecule has 1 fully saturated rings. The summed E-state index contributed by atoms with van der Waals surface area (Å²) in [6.07, 6.45) is 4.74. The van der Waals surface area contributed by atoms with E-state index in [-0.39, 0.29) is 0 Å². The van der Waals surface area contributed by atoms with Crippen LogP contribution in [0.25, 0.3) is 0 Å². The molecule has 3 nitrogen and oxygen atoms in total. The van der Waals surface area contributed by atoms with Crippen LogP contribution in [-0.2, 0) is 0 Å². The Labute approximate surface area is 115 Å². The number of hydrogen-bond donors (Lipinski definition) is 1. The molecular weight excluding hydrogens is 236 g/mol. The summed E-state index contributed by atoms with van der Waals surface area (Å²) < 4.78 is 0. The molecule has 19 heavy (non-hydrogen) atoms. The number of aliphatic hydroxyl groups is 1. The Kier molecular flexibility index (Phi) is 5.38. The van der Waals surface area contributed by atoms with E-state index in [2.05, 4.69) is 11.0 Å². The first-order valence-electron chi connectivity index (χ1n) is 7.15. The van der Waals surface area contributed by atoms with Crippen LogP contribution in [0, 0.1) is 11.3 Å². The fourth-order valence-electron chi connectivity index (χ4n) is 2.38. The monoisotopic (exact) mass is 258 g/mol. The van der Waals surface area contributed by atoms with E-state index >= 15 is 0 Å². The van der Waals surface area contributed by atoms with Gasteiger partial charge in [-0.3, -0.25) is 4.90 Å². The molecule has 1 aliphatic carbocycles. The minimum atomic E-state index is -0.405. The molecule has 0 spiro atoms. The molecule has 1 aliphatic rings. The maximum atomic E-state index is 10.3. The Morgan fingerprint density at radius 2 is 2.00 bits per heavy atom. The largest absolute Gasteiger partial charge is 0.387 e. The number of unbranched alkanes of at least 4 members (excludes halogenated alkanes) is 2. The van der Waals surface area contributed by atoms with E-state index in [4.69, 9.17) is 5.26 Å². The van der Waals surface area contributed by atoms with Crippen LogP contribution in [0.5, 0.6) is 0 Å². The lowest BCUT2D eigenvalue weighted by molar-refractivity contribution is 0.107. The molecule has 2 rings (SSSR count). The number of nitrogens with zero attached hydrogens (tertiary/aromatic N) is 2. The van der Waals surface area contributed by atoms with Gasteiger partial charge < -0.3 is 5.11 Å². The van der Waals surface area contributed by atoms with Gasteiger partial charge in [-0.15, -0.1) is 0 Å². The summed E-state index contributed by atoms with van der Waals surface area (Å²) in [6.45, 7) is 1.71. The molecule has 0 radical (unpaired) electrons. The number of nitriles is 1. The molecule has 0 heterocycles. The van der Waals surface area contributed by atoms with Gasteiger partial charge in [-0.05, 0) is 37.8 Å². The molecule has 0 saturated heterocycles. The number of hydrogen-bond acceptors (Lipinski definition) is 3. The van der Waals surface area contributed by atoms with Gasteiger partial charge >= 0.3 is 0 Å². The highest BCUT2D eigenvalue weighted by atomic mass is 16.3. The van der Waals surface area contributed by atoms with Crippen molar-refractivity contribution in [1.29, 1.82) is 5.26 Å². The summed E-state index contributed by atoms with van der Waals surface area (Å²) in [6, 6.07) is 12.7. The molecule has 1 saturated carbocycles. The zero-order chi connectivity index (χ0) is 13.5. The third-order valence-electron chi connectivity index (χ3n) is 3.64. The maximum absolute atomic E-state index is 10.3. The van der Waals surface area contributed by atoms with Gasteiger partial charge in [-0.25, -0.2) is 0 Å². The molecular formula is C16H22N2O. The normalized spacial score (nSPS) is 16.3. The summed E-state index contributed by atoms with van der Waals surface area (Å²) in [4.78, 5) is 2.38. The van der Waals surface area contributed by atoms with Crippen LogP contribution in [0.4, 0.5) is 0 Å². The van der Waals surface area contributed by atoms with Gasteiger partial charge in [0.15, 0.2) is 0 Å². The summed E-state index contributed by atoms with van der Waals surface area (Å²) in [5.74, 6) is 0. The minimum absolute atomic E-state index is 0.405. The summed E-state index contributed by atoms with van der Waals surface area (Å²) in [5.41, 5.74) is 0.991. The first-order valence-corrected chi connectivity index (χ1v) is 7.15. The first-order chi connectivity index (χ1) is 9.31. The van der Waals surface area contributed by atoms with Crippen LogP contribution in [0.1, 0.15) is 43.8 Å². The lowest BCUT2D eigenvalue weighted by Gasteiger charge is -2.25. The van der Waals surface area contributed by atoms with Crippen molar-refractivity contribution in [3.05, 3.63) is 35.9 Å². The number of aliphatic hydroxyl groups excluding tert-OH is 1. The minimum Gasteiger partial charge on any atom is -0.387 e. The van der Waals surface area contributed by atoms with Crippen molar-refractivity contribution < 1.29 is 5.11 Å². The second kappa shape index (κ2) is 7.28. The second-order valence-electron chi connectivity index (χ2n) is 5.27. The van der Waals surface area contributed by atoms with E-state index < -0.39 is 6.10 Å². The highest BCUT2D eigenvalue weighted by Gasteiger charge is 2.29. The summed E-state index contributed by atoms with van der Waals surface area (Å²) in [7, 11) is 0. The van der Waals surface area contributed by atoms with Crippen molar-refractivity contribution in [2.75, 3.05) is 13.1 Å². The predicted molar refractivity (Wildman–Crippen MR) is 75.5 cm³/mol. The molecule has 1 aromatic rings. The fourth-order valence-corrected chi connectivity index (χ4v) is 2.38. The highest BCUT2D eigenvalue weighted by molar-refractivity contribution is 5.17. The van der Waals surface area contributed by atoms with Crippen LogP contribution in [0.15, 0.2) is 30.3 Å². The van der Waals surface area contributed by atoms with Crippen molar-refractivity contribution in [3.63, 3.8) is 0 Å². The zero-order valence-corrected chi connectivity index (χ0v) is 11.3. The van der Waals surface area contributed by atoms with Gasteiger partial charge in [0.1, 0.15) is 0 Å². The molecule has 1 atom stereocenters. The van der Waals surface area contributed by atoms with Crippen LogP contribution in [0.3, 0.4) is 0 Å². The van der Waals surface area contributed by atoms with Crippen molar-refractivity contribution in [2.24, 2.45) is 0 Å². The molecule has 102 valence electrons. The Balaban J connectivity index is 1.81. The Bertz CT molecular complexity index is 409. The van der Waals surface area contributed by atoms with E-state index in [0.29, 0.717) is 19.0 Å². The third-order valence-corrected chi connectivity index (χ3v) is 3.64. The smallest absolute Gasteiger partial charge is 0.0917 e. The van der Waals surface area contributed by atoms with E-state index in [9.17, 15) is 5.11 Å². The predicted octanol–water partition coefficient (Wildman–Crippen LogP) is 2.88. The van der Waals surface area contributed by atoms with Crippen LogP contribution < -0.4 is 0 Å². The second-order valence-corrected chi connectivity index (χ2v) is 5.27. The molecule has 1 aromatic carbocycles. The maximum Gasteiger partial charge on any atom is 0.0917 e. The van der Waals surface area contributed by atoms with Gasteiger partial charge in [0, 0.05) is 19.0 Å². The standard InChI is InChI=1S/C16H22N2O/c17-11-5-2-6-12-18(15-9-10-15)13-16(19)14-7-3-1-4-8-14/h1,3-4,7-8,15-16,19H,2,5-6,9-10,12-13H2/t16-/m0/s1. The van der Waals surface area contributed by atoms with Gasteiger partial charge in [-0.1, -0.05) is 30.3 Å². The molecule has 3 heteroatoms. The van der Waals surface area contributed by atoms with Crippen molar-refractivity contribution in [3.8, 4) is 6.07 Å². The van der Waals surface area contributed by atoms with E-state index in [0.717, 1.165) is 24.9 Å². The van der Waals surface area contributed by atoms with Gasteiger partial charge in [0.25, 0.3) is 0 Å². The number of benzene rings is 1. The Hall–Kier alpha value is -1.37. The fraction of sp³-hybridized carbons (Fsp3) is 0.562. The molecule has 0 unspecified atom stereocenters. The van der Waals surface area contributed by atoms with Crippen LogP contribution >= 0.6 is 0 Å². The van der Waals surface area contributed by atoms with Crippen molar-refractivity contribution in [2.45, 2.75) is 44.2 Å². The van der Waals surface area contributed by atoms with E-state index in [1.54, 1.807) is 0 Å².